The van der Waals surface area contributed by atoms with E-state index in [1.807, 2.05) is 0 Å². The van der Waals surface area contributed by atoms with Crippen LogP contribution in [-0.4, -0.2) is 9.78 Å². The van der Waals surface area contributed by atoms with Gasteiger partial charge in [-0.3, -0.25) is 4.68 Å². The first kappa shape index (κ1) is 11.9. The first-order chi connectivity index (χ1) is 7.99. The van der Waals surface area contributed by atoms with Crippen LogP contribution in [0.5, 0.6) is 0 Å². The lowest BCUT2D eigenvalue weighted by molar-refractivity contribution is 0.151. The molecule has 0 aliphatic carbocycles. The van der Waals surface area contributed by atoms with Crippen LogP contribution in [0.4, 0.5) is 14.6 Å². The maximum atomic E-state index is 12.5. The van der Waals surface area contributed by atoms with Gasteiger partial charge >= 0.3 is 0 Å². The highest BCUT2D eigenvalue weighted by atomic mass is 35.5. The number of alkyl halides is 2. The van der Waals surface area contributed by atoms with E-state index in [0.29, 0.717) is 17.1 Å². The van der Waals surface area contributed by atoms with E-state index in [9.17, 15) is 8.78 Å². The van der Waals surface area contributed by atoms with E-state index in [4.69, 9.17) is 17.3 Å². The molecule has 0 aliphatic rings. The van der Waals surface area contributed by atoms with Crippen molar-refractivity contribution in [2.24, 2.45) is 7.05 Å². The Hall–Kier alpha value is -1.62. The van der Waals surface area contributed by atoms with Crippen molar-refractivity contribution in [2.75, 3.05) is 5.73 Å². The summed E-state index contributed by atoms with van der Waals surface area (Å²) >= 11 is 5.95. The van der Waals surface area contributed by atoms with Gasteiger partial charge in [-0.2, -0.15) is 5.10 Å². The number of nitrogens with two attached hydrogens (primary N) is 1. The van der Waals surface area contributed by atoms with Gasteiger partial charge in [0.15, 0.2) is 0 Å². The fraction of sp³-hybridized carbons (Fsp3) is 0.182. The maximum absolute atomic E-state index is 12.5. The molecule has 0 spiro atoms. The van der Waals surface area contributed by atoms with Crippen LogP contribution in [0.1, 0.15) is 12.0 Å². The van der Waals surface area contributed by atoms with E-state index in [0.717, 1.165) is 0 Å². The summed E-state index contributed by atoms with van der Waals surface area (Å²) < 4.78 is 26.4. The molecule has 0 atom stereocenters. The number of anilines is 1. The number of rotatable bonds is 2. The van der Waals surface area contributed by atoms with Gasteiger partial charge < -0.3 is 5.73 Å². The molecule has 0 amide bonds. The molecule has 0 bridgehead atoms. The van der Waals surface area contributed by atoms with Crippen LogP contribution >= 0.6 is 11.6 Å². The summed E-state index contributed by atoms with van der Waals surface area (Å²) in [4.78, 5) is 0. The van der Waals surface area contributed by atoms with Gasteiger partial charge in [0.05, 0.1) is 10.7 Å². The molecule has 90 valence electrons. The second-order valence-electron chi connectivity index (χ2n) is 3.62. The van der Waals surface area contributed by atoms with E-state index in [1.54, 1.807) is 13.1 Å². The van der Waals surface area contributed by atoms with Crippen molar-refractivity contribution in [3.8, 4) is 11.3 Å². The molecule has 0 unspecified atom stereocenters. The number of aryl methyl sites for hydroxylation is 1. The molecule has 2 aromatic rings. The molecule has 1 aromatic carbocycles. The van der Waals surface area contributed by atoms with Gasteiger partial charge in [0.25, 0.3) is 6.43 Å². The van der Waals surface area contributed by atoms with Crippen molar-refractivity contribution < 1.29 is 8.78 Å². The Morgan fingerprint density at radius 3 is 2.53 bits per heavy atom. The molecule has 0 saturated heterocycles. The highest BCUT2D eigenvalue weighted by Crippen LogP contribution is 2.31. The van der Waals surface area contributed by atoms with Crippen molar-refractivity contribution in [1.82, 2.24) is 9.78 Å². The summed E-state index contributed by atoms with van der Waals surface area (Å²) in [7, 11) is 1.69. The van der Waals surface area contributed by atoms with Crippen LogP contribution in [0, 0.1) is 0 Å². The van der Waals surface area contributed by atoms with Gasteiger partial charge in [0, 0.05) is 24.2 Å². The predicted molar refractivity (Wildman–Crippen MR) is 63.0 cm³/mol. The summed E-state index contributed by atoms with van der Waals surface area (Å²) in [6.45, 7) is 0. The molecule has 1 heterocycles. The number of benzene rings is 1. The number of hydrogen-bond donors (Lipinski definition) is 1. The molecule has 17 heavy (non-hydrogen) atoms. The zero-order valence-electron chi connectivity index (χ0n) is 8.99. The third-order valence-electron chi connectivity index (χ3n) is 2.44. The van der Waals surface area contributed by atoms with Crippen LogP contribution in [0.25, 0.3) is 11.3 Å². The number of halogens is 3. The minimum absolute atomic E-state index is 0.109. The van der Waals surface area contributed by atoms with Crippen molar-refractivity contribution in [2.45, 2.75) is 6.43 Å². The van der Waals surface area contributed by atoms with Crippen LogP contribution in [0.2, 0.25) is 5.02 Å². The van der Waals surface area contributed by atoms with Crippen LogP contribution < -0.4 is 5.73 Å². The molecular formula is C11H10ClF2N3. The lowest BCUT2D eigenvalue weighted by atomic mass is 10.1. The minimum Gasteiger partial charge on any atom is -0.384 e. The Morgan fingerprint density at radius 1 is 1.35 bits per heavy atom. The van der Waals surface area contributed by atoms with Gasteiger partial charge in [-0.15, -0.1) is 0 Å². The minimum atomic E-state index is -2.53. The molecule has 0 aliphatic heterocycles. The summed E-state index contributed by atoms with van der Waals surface area (Å²) in [5.74, 6) is 0.481. The Bertz CT molecular complexity index is 532. The predicted octanol–water partition coefficient (Wildman–Crippen LogP) is 3.26. The van der Waals surface area contributed by atoms with E-state index < -0.39 is 6.43 Å². The fourth-order valence-electron chi connectivity index (χ4n) is 1.49. The van der Waals surface area contributed by atoms with Crippen LogP contribution in [0.3, 0.4) is 0 Å². The molecular weight excluding hydrogens is 248 g/mol. The average molecular weight is 258 g/mol. The lowest BCUT2D eigenvalue weighted by Crippen LogP contribution is -1.96. The standard InChI is InChI=1S/C11H10ClF2N3/c1-17-10(15)5-9(16-17)7-3-2-6(11(13)14)4-8(7)12/h2-5,11H,15H2,1H3. The Balaban J connectivity index is 2.46. The largest absolute Gasteiger partial charge is 0.384 e. The second kappa shape index (κ2) is 4.33. The molecule has 1 aromatic heterocycles. The maximum Gasteiger partial charge on any atom is 0.263 e. The molecule has 3 nitrogen and oxygen atoms in total. The number of nitrogens with zero attached hydrogens (tertiary/aromatic N) is 2. The zero-order valence-corrected chi connectivity index (χ0v) is 9.75. The highest BCUT2D eigenvalue weighted by molar-refractivity contribution is 6.33. The smallest absolute Gasteiger partial charge is 0.263 e. The third kappa shape index (κ3) is 2.24. The van der Waals surface area contributed by atoms with Crippen molar-refractivity contribution in [1.29, 1.82) is 0 Å². The number of aromatic nitrogens is 2. The summed E-state index contributed by atoms with van der Waals surface area (Å²) in [6, 6.07) is 5.73. The van der Waals surface area contributed by atoms with Crippen LogP contribution in [-0.2, 0) is 7.05 Å². The van der Waals surface area contributed by atoms with Crippen molar-refractivity contribution in [3.05, 3.63) is 34.9 Å². The van der Waals surface area contributed by atoms with Crippen LogP contribution in [0.15, 0.2) is 24.3 Å². The highest BCUT2D eigenvalue weighted by Gasteiger charge is 2.13. The Labute approximate surface area is 102 Å². The molecule has 2 N–H and O–H groups in total. The molecule has 0 fully saturated rings. The molecule has 0 radical (unpaired) electrons. The lowest BCUT2D eigenvalue weighted by Gasteiger charge is -2.04. The van der Waals surface area contributed by atoms with Crippen molar-refractivity contribution >= 4 is 17.4 Å². The zero-order chi connectivity index (χ0) is 12.6. The van der Waals surface area contributed by atoms with Gasteiger partial charge in [-0.05, 0) is 6.07 Å². The fourth-order valence-corrected chi connectivity index (χ4v) is 1.77. The summed E-state index contributed by atoms with van der Waals surface area (Å²) in [5, 5.41) is 4.37. The Morgan fingerprint density at radius 2 is 2.06 bits per heavy atom. The SMILES string of the molecule is Cn1nc(-c2ccc(C(F)F)cc2Cl)cc1N. The summed E-state index contributed by atoms with van der Waals surface area (Å²) in [5.41, 5.74) is 6.69. The normalized spacial score (nSPS) is 11.1. The van der Waals surface area contributed by atoms with Gasteiger partial charge in [0.1, 0.15) is 5.82 Å². The summed E-state index contributed by atoms with van der Waals surface area (Å²) in [6.07, 6.45) is -2.53. The van der Waals surface area contributed by atoms with Gasteiger partial charge in [-0.1, -0.05) is 23.7 Å². The topological polar surface area (TPSA) is 43.8 Å². The van der Waals surface area contributed by atoms with E-state index in [1.165, 1.54) is 22.9 Å². The van der Waals surface area contributed by atoms with Gasteiger partial charge in [-0.25, -0.2) is 8.78 Å². The number of hydrogen-bond acceptors (Lipinski definition) is 2. The van der Waals surface area contributed by atoms with Crippen molar-refractivity contribution in [3.63, 3.8) is 0 Å². The first-order valence-electron chi connectivity index (χ1n) is 4.86. The van der Waals surface area contributed by atoms with E-state index in [-0.39, 0.29) is 10.6 Å². The number of nitrogen functional groups attached to an aromatic ring is 1. The van der Waals surface area contributed by atoms with E-state index >= 15 is 0 Å². The van der Waals surface area contributed by atoms with E-state index in [2.05, 4.69) is 5.10 Å². The quantitative estimate of drug-likeness (QED) is 0.897. The first-order valence-corrected chi connectivity index (χ1v) is 5.24. The Kier molecular flexibility index (Phi) is 3.02. The molecule has 6 heteroatoms. The third-order valence-corrected chi connectivity index (χ3v) is 2.75. The molecule has 2 rings (SSSR count). The van der Waals surface area contributed by atoms with Gasteiger partial charge in [0.2, 0.25) is 0 Å². The monoisotopic (exact) mass is 257 g/mol. The molecule has 0 saturated carbocycles. The average Bonchev–Trinajstić information content (AvgIpc) is 2.58. The second-order valence-corrected chi connectivity index (χ2v) is 4.03.